The molecule has 1 aromatic heterocycles. The van der Waals surface area contributed by atoms with E-state index in [1.807, 2.05) is 13.1 Å². The Balaban J connectivity index is 0.000000211. The molecule has 0 aliphatic heterocycles. The number of nitrogens with one attached hydrogen (secondary N) is 1. The van der Waals surface area contributed by atoms with Gasteiger partial charge in [0.05, 0.1) is 0 Å². The Morgan fingerprint density at radius 1 is 1.22 bits per heavy atom. The predicted octanol–water partition coefficient (Wildman–Crippen LogP) is 5.31. The van der Waals surface area contributed by atoms with Crippen molar-refractivity contribution in [1.82, 2.24) is 9.97 Å². The largest absolute Gasteiger partial charge is 2.00 e. The zero-order chi connectivity index (χ0) is 18.4. The minimum absolute atomic E-state index is 0. The number of carbonyl (C=O) groups excluding carboxylic acids is 1. The smallest absolute Gasteiger partial charge is 0.793 e. The Labute approximate surface area is 192 Å². The number of nitrogens with zero attached hydrogens (tertiary/aromatic N) is 1. The number of benzene rings is 1. The summed E-state index contributed by atoms with van der Waals surface area (Å²) in [6, 6.07) is 6.87. The summed E-state index contributed by atoms with van der Waals surface area (Å²) in [6.45, 7) is 1.91. The van der Waals surface area contributed by atoms with E-state index in [-0.39, 0.29) is 31.1 Å². The molecular formula is C22H28N2OSU. The molecule has 3 nitrogen and oxygen atoms in total. The second-order valence-corrected chi connectivity index (χ2v) is 7.77. The molecule has 2 unspecified atom stereocenters. The number of rotatable bonds is 7. The fourth-order valence-electron chi connectivity index (χ4n) is 4.16. The number of aromatic nitrogens is 2. The first kappa shape index (κ1) is 22.8. The summed E-state index contributed by atoms with van der Waals surface area (Å²) in [5.74, 6) is 2.89. The van der Waals surface area contributed by atoms with Gasteiger partial charge in [0.15, 0.2) is 0 Å². The Morgan fingerprint density at radius 3 is 2.67 bits per heavy atom. The molecule has 0 radical (unpaired) electrons. The number of H-pyrrole nitrogens is 1. The molecule has 2 bridgehead atoms. The maximum absolute atomic E-state index is 10.7. The zero-order valence-corrected chi connectivity index (χ0v) is 21.1. The Kier molecular flexibility index (Phi) is 9.70. The van der Waals surface area contributed by atoms with Crippen molar-refractivity contribution in [3.05, 3.63) is 41.9 Å². The minimum atomic E-state index is 0. The predicted molar refractivity (Wildman–Crippen MR) is 108 cm³/mol. The van der Waals surface area contributed by atoms with E-state index < -0.39 is 0 Å². The molecule has 1 fully saturated rings. The summed E-state index contributed by atoms with van der Waals surface area (Å²) >= 11 is 4.77. The number of carbonyl (C=O) groups is 1. The maximum Gasteiger partial charge on any atom is 2.00 e. The summed E-state index contributed by atoms with van der Waals surface area (Å²) in [7, 11) is 0. The third-order valence-electron chi connectivity index (χ3n) is 5.65. The fourth-order valence-corrected chi connectivity index (χ4v) is 4.36. The minimum Gasteiger partial charge on any atom is -0.793 e. The third kappa shape index (κ3) is 5.99. The number of aromatic amines is 1. The standard InChI is InChI=1S/C14H13N2.C8H16OS.U/c1-2-10-5-9(1)12-4-3-11(6-13(10)12)14-7-15-8-16-14;1-2-8(9)6-4-3-5-7-10;/h3-4,6-7,9-10H,1-2,5H2,(H,15,16);10H,2-7H2,1H3;/q-1;;+2/p-1. The number of fused-ring (bicyclic) bond motifs is 5. The molecule has 0 saturated heterocycles. The van der Waals surface area contributed by atoms with Crippen molar-refractivity contribution >= 4 is 18.4 Å². The second kappa shape index (κ2) is 11.5. The number of Topliss-reactive ketones (excluding diaryl/α,β-unsaturated/α-hetero) is 1. The molecule has 5 heteroatoms. The van der Waals surface area contributed by atoms with Crippen LogP contribution in [0.25, 0.3) is 11.3 Å². The summed E-state index contributed by atoms with van der Waals surface area (Å²) < 4.78 is 0. The first-order valence-corrected chi connectivity index (χ1v) is 10.5. The van der Waals surface area contributed by atoms with Gasteiger partial charge in [-0.25, -0.2) is 0 Å². The third-order valence-corrected chi connectivity index (χ3v) is 5.94. The van der Waals surface area contributed by atoms with E-state index in [1.54, 1.807) is 11.1 Å². The molecule has 1 N–H and O–H groups in total. The molecule has 2 aromatic rings. The number of imidazole rings is 1. The van der Waals surface area contributed by atoms with E-state index in [0.29, 0.717) is 12.2 Å². The monoisotopic (exact) mass is 606 g/mol. The molecule has 142 valence electrons. The van der Waals surface area contributed by atoms with Gasteiger partial charge < -0.3 is 22.6 Å². The van der Waals surface area contributed by atoms with Gasteiger partial charge in [-0.05, 0) is 55.0 Å². The average Bonchev–Trinajstić information content (AvgIpc) is 3.43. The number of unbranched alkanes of at least 4 members (excludes halogenated alkanes) is 2. The quantitative estimate of drug-likeness (QED) is 0.264. The summed E-state index contributed by atoms with van der Waals surface area (Å²) in [5.41, 5.74) is 5.51. The van der Waals surface area contributed by atoms with Gasteiger partial charge in [-0.1, -0.05) is 49.2 Å². The summed E-state index contributed by atoms with van der Waals surface area (Å²) in [6.07, 6.45) is 13.4. The van der Waals surface area contributed by atoms with Gasteiger partial charge >= 0.3 is 31.1 Å². The van der Waals surface area contributed by atoms with Crippen LogP contribution in [0, 0.1) is 37.4 Å². The van der Waals surface area contributed by atoms with Crippen LogP contribution in [0.5, 0.6) is 0 Å². The Morgan fingerprint density at radius 2 is 2.00 bits per heavy atom. The van der Waals surface area contributed by atoms with Gasteiger partial charge in [-0.2, -0.15) is 5.75 Å². The van der Waals surface area contributed by atoms with Crippen LogP contribution in [0.15, 0.2) is 24.4 Å². The summed E-state index contributed by atoms with van der Waals surface area (Å²) in [4.78, 5) is 17.8. The van der Waals surface area contributed by atoms with Gasteiger partial charge in [0.2, 0.25) is 0 Å². The van der Waals surface area contributed by atoms with Crippen LogP contribution >= 0.6 is 0 Å². The van der Waals surface area contributed by atoms with Crippen LogP contribution in [0.4, 0.5) is 0 Å². The molecule has 2 aliphatic rings. The van der Waals surface area contributed by atoms with Gasteiger partial charge in [0.25, 0.3) is 0 Å². The van der Waals surface area contributed by atoms with Crippen LogP contribution in [-0.4, -0.2) is 21.5 Å². The first-order valence-electron chi connectivity index (χ1n) is 9.88. The van der Waals surface area contributed by atoms with Crippen molar-refractivity contribution in [3.63, 3.8) is 0 Å². The van der Waals surface area contributed by atoms with Crippen molar-refractivity contribution in [2.75, 3.05) is 5.75 Å². The number of ketones is 1. The maximum atomic E-state index is 10.7. The van der Waals surface area contributed by atoms with Crippen LogP contribution < -0.4 is 0 Å². The number of hydrogen-bond donors (Lipinski definition) is 1. The van der Waals surface area contributed by atoms with Crippen molar-refractivity contribution in [2.24, 2.45) is 0 Å². The van der Waals surface area contributed by atoms with Gasteiger partial charge in [0.1, 0.15) is 5.78 Å². The van der Waals surface area contributed by atoms with Crippen LogP contribution in [-0.2, 0) is 17.4 Å². The number of hydrogen-bond acceptors (Lipinski definition) is 3. The van der Waals surface area contributed by atoms with E-state index in [4.69, 9.17) is 12.6 Å². The van der Waals surface area contributed by atoms with Crippen LogP contribution in [0.1, 0.15) is 81.3 Å². The molecule has 0 spiro atoms. The van der Waals surface area contributed by atoms with Crippen molar-refractivity contribution in [1.29, 1.82) is 0 Å². The molecule has 0 amide bonds. The second-order valence-electron chi connectivity index (χ2n) is 7.37. The molecule has 2 aliphatic carbocycles. The van der Waals surface area contributed by atoms with E-state index in [9.17, 15) is 4.79 Å². The van der Waals surface area contributed by atoms with Gasteiger partial charge in [0, 0.05) is 12.8 Å². The average molecular weight is 607 g/mol. The molecule has 4 rings (SSSR count). The van der Waals surface area contributed by atoms with Gasteiger partial charge in [-0.15, -0.1) is 6.20 Å². The van der Waals surface area contributed by atoms with Crippen molar-refractivity contribution in [3.8, 4) is 11.3 Å². The van der Waals surface area contributed by atoms with E-state index in [1.165, 1.54) is 24.8 Å². The van der Waals surface area contributed by atoms with Crippen molar-refractivity contribution < 1.29 is 35.9 Å². The molecule has 1 heterocycles. The molecule has 1 saturated carbocycles. The van der Waals surface area contributed by atoms with E-state index in [2.05, 4.69) is 34.5 Å². The van der Waals surface area contributed by atoms with Crippen molar-refractivity contribution in [2.45, 2.75) is 70.1 Å². The van der Waals surface area contributed by atoms with Gasteiger partial charge in [-0.3, -0.25) is 4.79 Å². The topological polar surface area (TPSA) is 45.8 Å². The van der Waals surface area contributed by atoms with E-state index in [0.717, 1.165) is 49.0 Å². The van der Waals surface area contributed by atoms with Crippen LogP contribution in [0.3, 0.4) is 0 Å². The molecule has 1 aromatic carbocycles. The first-order chi connectivity index (χ1) is 12.7. The molecule has 2 atom stereocenters. The Hall–Kier alpha value is -0.498. The SMILES string of the molecule is CCC(=O)CCCCC[S-].[U+2].[c-]1ncc(-c2ccc3c(c2)C2CCC3C2)[nH]1. The van der Waals surface area contributed by atoms with Crippen LogP contribution in [0.2, 0.25) is 0 Å². The zero-order valence-electron chi connectivity index (χ0n) is 16.1. The molecule has 27 heavy (non-hydrogen) atoms. The normalized spacial score (nSPS) is 19.0. The Bertz CT molecular complexity index is 717. The fraction of sp³-hybridized carbons (Fsp3) is 0.545. The summed E-state index contributed by atoms with van der Waals surface area (Å²) in [5, 5.41) is 0. The van der Waals surface area contributed by atoms with E-state index >= 15 is 0 Å². The molecular weight excluding hydrogens is 578 g/mol.